The highest BCUT2D eigenvalue weighted by Gasteiger charge is 2.33. The summed E-state index contributed by atoms with van der Waals surface area (Å²) in [6, 6.07) is 5.29. The minimum Gasteiger partial charge on any atom is -0.486 e. The van der Waals surface area contributed by atoms with E-state index in [1.807, 2.05) is 0 Å². The summed E-state index contributed by atoms with van der Waals surface area (Å²) in [4.78, 5) is 25.3. The van der Waals surface area contributed by atoms with Crippen molar-refractivity contribution in [3.8, 4) is 11.5 Å². The van der Waals surface area contributed by atoms with E-state index in [1.165, 1.54) is 19.2 Å². The predicted molar refractivity (Wildman–Crippen MR) is 124 cm³/mol. The number of aldehydes is 1. The van der Waals surface area contributed by atoms with Crippen molar-refractivity contribution in [2.75, 3.05) is 25.6 Å². The van der Waals surface area contributed by atoms with Gasteiger partial charge in [0.15, 0.2) is 17.8 Å². The fraction of sp³-hybridized carbons (Fsp3) is 0.200. The molecule has 1 aliphatic heterocycles. The van der Waals surface area contributed by atoms with E-state index in [1.54, 1.807) is 0 Å². The zero-order chi connectivity index (χ0) is 26.9. The van der Waals surface area contributed by atoms with Gasteiger partial charge < -0.3 is 20.1 Å². The van der Waals surface area contributed by atoms with Crippen molar-refractivity contribution in [3.05, 3.63) is 86.9 Å². The average Bonchev–Trinajstić information content (AvgIpc) is 2.85. The summed E-state index contributed by atoms with van der Waals surface area (Å²) in [7, 11) is 1.49. The molecule has 37 heavy (non-hydrogen) atoms. The van der Waals surface area contributed by atoms with Crippen LogP contribution >= 0.6 is 11.6 Å². The lowest BCUT2D eigenvalue weighted by molar-refractivity contribution is -0.137. The second kappa shape index (κ2) is 10.3. The molecule has 0 aromatic heterocycles. The first-order valence-electron chi connectivity index (χ1n) is 10.8. The van der Waals surface area contributed by atoms with Gasteiger partial charge in [-0.3, -0.25) is 9.59 Å². The molecule has 1 atom stereocenters. The molecule has 2 N–H and O–H groups in total. The third-order valence-corrected chi connectivity index (χ3v) is 5.96. The molecular weight excluding hydrogens is 523 g/mol. The molecule has 1 aliphatic rings. The van der Waals surface area contributed by atoms with E-state index < -0.39 is 40.9 Å². The highest BCUT2D eigenvalue weighted by Crippen LogP contribution is 2.44. The number of fused-ring (bicyclic) bond motifs is 1. The molecule has 3 aromatic rings. The Kier molecular flexibility index (Phi) is 7.37. The van der Waals surface area contributed by atoms with Gasteiger partial charge in [-0.05, 0) is 49.0 Å². The Balaban J connectivity index is 1.89. The van der Waals surface area contributed by atoms with Gasteiger partial charge in [-0.25, -0.2) is 8.78 Å². The van der Waals surface area contributed by atoms with Crippen LogP contribution in [-0.2, 0) is 6.18 Å². The Hall–Kier alpha value is -3.70. The largest absolute Gasteiger partial charge is 0.486 e. The second-order valence-electron chi connectivity index (χ2n) is 7.96. The number of amides is 1. The topological polar surface area (TPSA) is 76.7 Å². The molecule has 0 aliphatic carbocycles. The van der Waals surface area contributed by atoms with Gasteiger partial charge in [0.05, 0.1) is 22.9 Å². The second-order valence-corrected chi connectivity index (χ2v) is 8.37. The lowest BCUT2D eigenvalue weighted by atomic mass is 9.91. The molecule has 0 saturated carbocycles. The summed E-state index contributed by atoms with van der Waals surface area (Å²) in [5.41, 5.74) is -1.84. The molecule has 1 amide bonds. The Morgan fingerprint density at radius 2 is 1.78 bits per heavy atom. The molecule has 3 aromatic carbocycles. The maximum absolute atomic E-state index is 14.1. The van der Waals surface area contributed by atoms with Crippen molar-refractivity contribution >= 4 is 29.5 Å². The van der Waals surface area contributed by atoms with E-state index in [0.717, 1.165) is 12.1 Å². The number of alkyl halides is 3. The minimum absolute atomic E-state index is 0.0622. The van der Waals surface area contributed by atoms with Gasteiger partial charge in [0.2, 0.25) is 0 Å². The first-order chi connectivity index (χ1) is 17.5. The molecule has 0 bridgehead atoms. The minimum atomic E-state index is -4.89. The van der Waals surface area contributed by atoms with Crippen LogP contribution in [0.25, 0.3) is 0 Å². The molecule has 0 spiro atoms. The van der Waals surface area contributed by atoms with E-state index in [2.05, 4.69) is 10.6 Å². The van der Waals surface area contributed by atoms with Gasteiger partial charge >= 0.3 is 6.18 Å². The van der Waals surface area contributed by atoms with Crippen molar-refractivity contribution in [3.63, 3.8) is 0 Å². The Labute approximate surface area is 212 Å². The van der Waals surface area contributed by atoms with Crippen LogP contribution in [0.5, 0.6) is 11.5 Å². The number of carbonyl (C=O) groups excluding carboxylic acids is 2. The summed E-state index contributed by atoms with van der Waals surface area (Å²) in [5, 5.41) is 5.47. The molecule has 0 fully saturated rings. The van der Waals surface area contributed by atoms with Crippen molar-refractivity contribution in [1.29, 1.82) is 0 Å². The predicted octanol–water partition coefficient (Wildman–Crippen LogP) is 5.78. The van der Waals surface area contributed by atoms with E-state index in [0.29, 0.717) is 18.4 Å². The number of halogens is 6. The molecule has 194 valence electrons. The van der Waals surface area contributed by atoms with E-state index in [-0.39, 0.29) is 58.2 Å². The molecule has 0 radical (unpaired) electrons. The van der Waals surface area contributed by atoms with E-state index in [9.17, 15) is 31.5 Å². The van der Waals surface area contributed by atoms with E-state index >= 15 is 0 Å². The molecule has 4 rings (SSSR count). The average molecular weight is 541 g/mol. The molecule has 1 unspecified atom stereocenters. The number of benzene rings is 3. The fourth-order valence-electron chi connectivity index (χ4n) is 4.03. The van der Waals surface area contributed by atoms with Crippen molar-refractivity contribution in [1.82, 2.24) is 5.32 Å². The third kappa shape index (κ3) is 5.37. The van der Waals surface area contributed by atoms with Crippen LogP contribution in [0.15, 0.2) is 42.5 Å². The summed E-state index contributed by atoms with van der Waals surface area (Å²) in [6.07, 6.45) is -4.45. The quantitative estimate of drug-likeness (QED) is 0.306. The summed E-state index contributed by atoms with van der Waals surface area (Å²) >= 11 is 6.30. The number of anilines is 1. The number of nitrogens with one attached hydrogen (secondary N) is 2. The van der Waals surface area contributed by atoms with Gasteiger partial charge in [0.25, 0.3) is 5.91 Å². The lowest BCUT2D eigenvalue weighted by Crippen LogP contribution is -2.25. The van der Waals surface area contributed by atoms with Crippen molar-refractivity contribution in [2.45, 2.75) is 12.2 Å². The van der Waals surface area contributed by atoms with Gasteiger partial charge in [0.1, 0.15) is 24.8 Å². The highest BCUT2D eigenvalue weighted by atomic mass is 35.5. The van der Waals surface area contributed by atoms with Crippen molar-refractivity contribution in [2.24, 2.45) is 0 Å². The normalized spacial score (nSPS) is 13.7. The van der Waals surface area contributed by atoms with Crippen LogP contribution in [0.3, 0.4) is 0 Å². The highest BCUT2D eigenvalue weighted by molar-refractivity contribution is 6.31. The maximum atomic E-state index is 14.1. The zero-order valence-corrected chi connectivity index (χ0v) is 19.8. The maximum Gasteiger partial charge on any atom is 0.416 e. The van der Waals surface area contributed by atoms with Crippen LogP contribution in [0, 0.1) is 11.6 Å². The molecule has 12 heteroatoms. The van der Waals surface area contributed by atoms with Crippen LogP contribution in [0.4, 0.5) is 27.6 Å². The number of ether oxygens (including phenoxy) is 2. The van der Waals surface area contributed by atoms with Gasteiger partial charge in [-0.15, -0.1) is 0 Å². The Morgan fingerprint density at radius 3 is 2.46 bits per heavy atom. The zero-order valence-electron chi connectivity index (χ0n) is 19.0. The van der Waals surface area contributed by atoms with Crippen LogP contribution in [0.2, 0.25) is 5.02 Å². The van der Waals surface area contributed by atoms with Crippen molar-refractivity contribution < 1.29 is 41.0 Å². The first kappa shape index (κ1) is 26.4. The van der Waals surface area contributed by atoms with Gasteiger partial charge in [-0.2, -0.15) is 13.2 Å². The van der Waals surface area contributed by atoms with Crippen LogP contribution in [-0.4, -0.2) is 32.5 Å². The Bertz CT molecular complexity index is 1380. The number of carbonyl (C=O) groups is 2. The first-order valence-corrected chi connectivity index (χ1v) is 11.1. The molecule has 6 nitrogen and oxygen atoms in total. The fourth-order valence-corrected chi connectivity index (χ4v) is 4.25. The SMILES string of the molecule is CNC(c1cc(F)ccc1Cl)c1c(NC(=O)c2cc(F)cc(C(F)(F)F)c2)cc2c(c1C=O)OCCO2. The molecule has 0 saturated heterocycles. The molecule has 1 heterocycles. The smallest absolute Gasteiger partial charge is 0.416 e. The Morgan fingerprint density at radius 1 is 1.05 bits per heavy atom. The number of hydrogen-bond acceptors (Lipinski definition) is 5. The summed E-state index contributed by atoms with van der Waals surface area (Å²) in [6.45, 7) is 0.246. The lowest BCUT2D eigenvalue weighted by Gasteiger charge is -2.28. The van der Waals surface area contributed by atoms with Crippen LogP contribution < -0.4 is 20.1 Å². The monoisotopic (exact) mass is 540 g/mol. The number of hydrogen-bond donors (Lipinski definition) is 2. The summed E-state index contributed by atoms with van der Waals surface area (Å²) in [5.74, 6) is -2.85. The number of rotatable bonds is 6. The van der Waals surface area contributed by atoms with Crippen LogP contribution in [0.1, 0.15) is 43.4 Å². The van der Waals surface area contributed by atoms with Gasteiger partial charge in [-0.1, -0.05) is 11.6 Å². The standard InChI is InChI=1S/C25H18ClF5N2O4/c1-32-22(16-9-14(27)2-3-18(16)26)21-17(11-34)23-20(36-4-5-37-23)10-19(21)33-24(35)12-6-13(25(29,30)31)8-15(28)7-12/h2-3,6-11,22,32H,4-5H2,1H3,(H,33,35). The van der Waals surface area contributed by atoms with Gasteiger partial charge in [0, 0.05) is 22.2 Å². The summed E-state index contributed by atoms with van der Waals surface area (Å²) < 4.78 is 78.8. The van der Waals surface area contributed by atoms with E-state index in [4.69, 9.17) is 21.1 Å². The molecular formula is C25H18ClF5N2O4. The third-order valence-electron chi connectivity index (χ3n) is 5.61.